The Morgan fingerprint density at radius 1 is 1.08 bits per heavy atom. The van der Waals surface area contributed by atoms with Crippen LogP contribution in [-0.2, 0) is 0 Å². The molecule has 5 nitrogen and oxygen atoms in total. The first-order chi connectivity index (χ1) is 12.2. The van der Waals surface area contributed by atoms with Gasteiger partial charge in [-0.2, -0.15) is 0 Å². The molecule has 4 fully saturated rings. The summed E-state index contributed by atoms with van der Waals surface area (Å²) in [6.07, 6.45) is 6.17. The van der Waals surface area contributed by atoms with E-state index in [0.29, 0.717) is 28.0 Å². The van der Waals surface area contributed by atoms with Crippen LogP contribution in [0.5, 0.6) is 0 Å². The first-order valence-corrected chi connectivity index (χ1v) is 10.6. The number of carbonyl (C=O) groups excluding carboxylic acids is 2. The molecule has 4 aliphatic carbocycles. The number of nitrogen functional groups attached to an aromatic ring is 1. The summed E-state index contributed by atoms with van der Waals surface area (Å²) in [5.41, 5.74) is 6.23. The molecular formula is C20H27N3O2S. The average molecular weight is 374 g/mol. The molecule has 0 atom stereocenters. The highest BCUT2D eigenvalue weighted by Gasteiger charge is 2.60. The van der Waals surface area contributed by atoms with Gasteiger partial charge in [-0.3, -0.25) is 9.59 Å². The Bertz CT molecular complexity index is 792. The lowest BCUT2D eigenvalue weighted by atomic mass is 9.51. The third kappa shape index (κ3) is 2.08. The normalized spacial score (nSPS) is 37.4. The Morgan fingerprint density at radius 2 is 1.65 bits per heavy atom. The van der Waals surface area contributed by atoms with Gasteiger partial charge in [0.05, 0.1) is 16.1 Å². The summed E-state index contributed by atoms with van der Waals surface area (Å²) in [6, 6.07) is 0. The number of hydrogen-bond acceptors (Lipinski definition) is 5. The molecule has 1 amide bonds. The maximum atomic E-state index is 13.1. The molecule has 6 rings (SSSR count). The number of ketones is 1. The molecule has 1 aromatic rings. The van der Waals surface area contributed by atoms with Gasteiger partial charge < -0.3 is 16.4 Å². The second-order valence-corrected chi connectivity index (χ2v) is 10.9. The quantitative estimate of drug-likeness (QED) is 0.653. The molecule has 2 heterocycles. The third-order valence-electron chi connectivity index (χ3n) is 7.13. The van der Waals surface area contributed by atoms with Gasteiger partial charge in [-0.05, 0) is 43.9 Å². The summed E-state index contributed by atoms with van der Waals surface area (Å²) in [5.74, 6) is 2.53. The minimum absolute atomic E-state index is 0.00290. The number of rotatable bonds is 1. The summed E-state index contributed by atoms with van der Waals surface area (Å²) in [7, 11) is 0. The van der Waals surface area contributed by atoms with Gasteiger partial charge in [-0.1, -0.05) is 20.8 Å². The van der Waals surface area contributed by atoms with E-state index in [-0.39, 0.29) is 17.4 Å². The van der Waals surface area contributed by atoms with Gasteiger partial charge in [0, 0.05) is 17.3 Å². The van der Waals surface area contributed by atoms with Crippen molar-refractivity contribution in [2.24, 2.45) is 29.1 Å². The van der Waals surface area contributed by atoms with E-state index in [1.165, 1.54) is 43.4 Å². The summed E-state index contributed by atoms with van der Waals surface area (Å²) in [5, 5.41) is 7.83. The van der Waals surface area contributed by atoms with Crippen molar-refractivity contribution in [3.05, 3.63) is 10.4 Å². The standard InChI is InChI=1S/C20H27N3O2S/c1-19(2,3)16(24)15-14(21)13-17(25)22-20(23-18(13)26-15)11-5-9-4-10(7-11)8-12(20)6-9/h9-12,23H,4-8,21H2,1-3H3,(H,22,25). The van der Waals surface area contributed by atoms with Gasteiger partial charge in [0.15, 0.2) is 5.78 Å². The highest BCUT2D eigenvalue weighted by molar-refractivity contribution is 7.19. The summed E-state index contributed by atoms with van der Waals surface area (Å²) in [4.78, 5) is 26.4. The van der Waals surface area contributed by atoms with Crippen LogP contribution < -0.4 is 16.4 Å². The number of nitrogens with two attached hydrogens (primary N) is 1. The Balaban J connectivity index is 1.56. The Labute approximate surface area is 158 Å². The molecule has 6 heteroatoms. The molecule has 4 bridgehead atoms. The van der Waals surface area contributed by atoms with Crippen molar-refractivity contribution in [3.8, 4) is 0 Å². The molecule has 0 aromatic carbocycles. The number of thiophene rings is 1. The molecule has 0 saturated heterocycles. The number of carbonyl (C=O) groups is 2. The molecule has 0 unspecified atom stereocenters. The molecule has 5 aliphatic rings. The van der Waals surface area contributed by atoms with Crippen LogP contribution in [0.15, 0.2) is 0 Å². The molecule has 1 aliphatic heterocycles. The van der Waals surface area contributed by atoms with Crippen molar-refractivity contribution in [1.82, 2.24) is 5.32 Å². The first-order valence-electron chi connectivity index (χ1n) is 9.77. The van der Waals surface area contributed by atoms with Crippen LogP contribution in [0.25, 0.3) is 0 Å². The van der Waals surface area contributed by atoms with Crippen molar-refractivity contribution < 1.29 is 9.59 Å². The van der Waals surface area contributed by atoms with Gasteiger partial charge in [0.2, 0.25) is 0 Å². The van der Waals surface area contributed by atoms with E-state index >= 15 is 0 Å². The summed E-state index contributed by atoms with van der Waals surface area (Å²) < 4.78 is 0. The smallest absolute Gasteiger partial charge is 0.258 e. The number of Topliss-reactive ketones (excluding diaryl/α,β-unsaturated/α-hetero) is 1. The molecule has 26 heavy (non-hydrogen) atoms. The van der Waals surface area contributed by atoms with Gasteiger partial charge in [-0.25, -0.2) is 0 Å². The van der Waals surface area contributed by atoms with E-state index in [9.17, 15) is 9.59 Å². The first kappa shape index (κ1) is 16.6. The van der Waals surface area contributed by atoms with E-state index in [0.717, 1.165) is 16.8 Å². The second-order valence-electron chi connectivity index (χ2n) is 9.88. The number of hydrogen-bond donors (Lipinski definition) is 3. The lowest BCUT2D eigenvalue weighted by molar-refractivity contribution is -0.0569. The van der Waals surface area contributed by atoms with Crippen LogP contribution in [0.3, 0.4) is 0 Å². The Kier molecular flexibility index (Phi) is 3.21. The number of anilines is 2. The number of fused-ring (bicyclic) bond motifs is 1. The minimum Gasteiger partial charge on any atom is -0.397 e. The average Bonchev–Trinajstić information content (AvgIpc) is 2.87. The molecular weight excluding hydrogens is 346 g/mol. The van der Waals surface area contributed by atoms with Crippen LogP contribution in [0.1, 0.15) is 72.9 Å². The predicted octanol–water partition coefficient (Wildman–Crippen LogP) is 3.87. The molecule has 4 N–H and O–H groups in total. The van der Waals surface area contributed by atoms with Gasteiger partial charge in [0.25, 0.3) is 5.91 Å². The van der Waals surface area contributed by atoms with E-state index in [1.54, 1.807) is 0 Å². The van der Waals surface area contributed by atoms with Crippen LogP contribution >= 0.6 is 11.3 Å². The fraction of sp³-hybridized carbons (Fsp3) is 0.700. The van der Waals surface area contributed by atoms with Crippen molar-refractivity contribution in [2.45, 2.75) is 58.5 Å². The fourth-order valence-corrected chi connectivity index (χ4v) is 7.41. The van der Waals surface area contributed by atoms with E-state index in [1.807, 2.05) is 20.8 Å². The minimum atomic E-state index is -0.516. The lowest BCUT2D eigenvalue weighted by Crippen LogP contribution is -2.71. The highest BCUT2D eigenvalue weighted by atomic mass is 32.1. The van der Waals surface area contributed by atoms with Crippen LogP contribution in [0.4, 0.5) is 10.7 Å². The summed E-state index contributed by atoms with van der Waals surface area (Å²) in [6.45, 7) is 5.67. The zero-order chi connectivity index (χ0) is 18.4. The lowest BCUT2D eigenvalue weighted by Gasteiger charge is -2.62. The largest absolute Gasteiger partial charge is 0.397 e. The molecule has 0 radical (unpaired) electrons. The van der Waals surface area contributed by atoms with E-state index in [2.05, 4.69) is 10.6 Å². The zero-order valence-corrected chi connectivity index (χ0v) is 16.5. The zero-order valence-electron chi connectivity index (χ0n) is 15.6. The van der Waals surface area contributed by atoms with Gasteiger partial charge in [0.1, 0.15) is 10.7 Å². The molecule has 1 aromatic heterocycles. The van der Waals surface area contributed by atoms with Crippen molar-refractivity contribution in [2.75, 3.05) is 11.1 Å². The van der Waals surface area contributed by atoms with E-state index < -0.39 is 5.41 Å². The van der Waals surface area contributed by atoms with Crippen LogP contribution in [-0.4, -0.2) is 17.4 Å². The van der Waals surface area contributed by atoms with E-state index in [4.69, 9.17) is 5.73 Å². The summed E-state index contributed by atoms with van der Waals surface area (Å²) >= 11 is 1.37. The SMILES string of the molecule is CC(C)(C)C(=O)c1sc2c(c1N)C(=O)NC1(N2)C2CC3CC(C2)CC1C3. The number of nitrogens with one attached hydrogen (secondary N) is 2. The number of amides is 1. The van der Waals surface area contributed by atoms with Gasteiger partial charge >= 0.3 is 0 Å². The fourth-order valence-electron chi connectivity index (χ4n) is 6.07. The monoisotopic (exact) mass is 373 g/mol. The highest BCUT2D eigenvalue weighted by Crippen LogP contribution is 2.59. The third-order valence-corrected chi connectivity index (χ3v) is 8.25. The van der Waals surface area contributed by atoms with Crippen LogP contribution in [0.2, 0.25) is 0 Å². The van der Waals surface area contributed by atoms with Crippen LogP contribution in [0, 0.1) is 29.1 Å². The predicted molar refractivity (Wildman–Crippen MR) is 103 cm³/mol. The molecule has 1 spiro atoms. The van der Waals surface area contributed by atoms with Gasteiger partial charge in [-0.15, -0.1) is 11.3 Å². The maximum absolute atomic E-state index is 13.1. The van der Waals surface area contributed by atoms with Crippen molar-refractivity contribution in [1.29, 1.82) is 0 Å². The Hall–Kier alpha value is -1.56. The van der Waals surface area contributed by atoms with Crippen molar-refractivity contribution in [3.63, 3.8) is 0 Å². The molecule has 4 saturated carbocycles. The molecule has 140 valence electrons. The second kappa shape index (κ2) is 5.03. The Morgan fingerprint density at radius 3 is 2.19 bits per heavy atom. The maximum Gasteiger partial charge on any atom is 0.258 e. The van der Waals surface area contributed by atoms with Crippen molar-refractivity contribution >= 4 is 33.7 Å². The topological polar surface area (TPSA) is 84.2 Å².